The average Bonchev–Trinajstić information content (AvgIpc) is 3.82. The van der Waals surface area contributed by atoms with E-state index in [1.54, 1.807) is 29.7 Å². The SMILES string of the molecule is O=C([C@@H]1CCN(Cc2cnc(-c3ccc(O)nc3)s2)C[C@H]1c1ccccc1)N1CCC(O)(Cn2cnc3c(ccn3-c3ccccc3)c2=O)CC1. The Morgan fingerprint density at radius 3 is 2.41 bits per heavy atom. The van der Waals surface area contributed by atoms with Crippen molar-refractivity contribution in [3.8, 4) is 22.1 Å². The quantitative estimate of drug-likeness (QED) is 0.225. The minimum absolute atomic E-state index is 0.0153. The number of thiazole rings is 1. The van der Waals surface area contributed by atoms with Crippen LogP contribution < -0.4 is 5.56 Å². The van der Waals surface area contributed by atoms with Gasteiger partial charge in [-0.3, -0.25) is 19.1 Å². The van der Waals surface area contributed by atoms with Gasteiger partial charge in [-0.25, -0.2) is 15.0 Å². The van der Waals surface area contributed by atoms with Crippen molar-refractivity contribution < 1.29 is 15.0 Å². The molecule has 0 saturated carbocycles. The first-order valence-corrected chi connectivity index (χ1v) is 18.2. The van der Waals surface area contributed by atoms with Gasteiger partial charge in [0.15, 0.2) is 5.65 Å². The molecule has 0 bridgehead atoms. The average molecular weight is 702 g/mol. The van der Waals surface area contributed by atoms with Crippen LogP contribution in [0.4, 0.5) is 0 Å². The molecule has 2 aromatic carbocycles. The van der Waals surface area contributed by atoms with Crippen LogP contribution in [0.15, 0.2) is 109 Å². The van der Waals surface area contributed by atoms with Crippen LogP contribution in [0.25, 0.3) is 27.3 Å². The summed E-state index contributed by atoms with van der Waals surface area (Å²) in [6.07, 6.45) is 8.40. The molecule has 1 amide bonds. The number of amides is 1. The Bertz CT molecular complexity index is 2190. The molecule has 2 atom stereocenters. The lowest BCUT2D eigenvalue weighted by Gasteiger charge is -2.43. The Labute approximate surface area is 299 Å². The summed E-state index contributed by atoms with van der Waals surface area (Å²) in [6.45, 7) is 3.26. The number of aromatic nitrogens is 5. The van der Waals surface area contributed by atoms with Crippen LogP contribution in [0.2, 0.25) is 0 Å². The number of nitrogens with zero attached hydrogens (tertiary/aromatic N) is 7. The Kier molecular flexibility index (Phi) is 8.97. The van der Waals surface area contributed by atoms with Gasteiger partial charge in [-0.2, -0.15) is 0 Å². The highest BCUT2D eigenvalue weighted by Crippen LogP contribution is 2.37. The summed E-state index contributed by atoms with van der Waals surface area (Å²) >= 11 is 1.61. The molecule has 8 rings (SSSR count). The standard InChI is InChI=1S/C39H39N7O4S/c47-34-12-11-28(21-40-34)36-41-22-30(51-36)23-43-17-13-31(33(24-43)27-7-3-1-4-8-27)37(48)44-19-15-39(50,16-20-44)25-45-26-42-35-32(38(45)49)14-18-46(35)29-9-5-2-6-10-29/h1-12,14,18,21-22,26,31,33,50H,13,15-17,19-20,23-25H2,(H,40,47)/t31-,33+/m1/s1. The van der Waals surface area contributed by atoms with Crippen molar-refractivity contribution in [2.24, 2.45) is 5.92 Å². The lowest BCUT2D eigenvalue weighted by molar-refractivity contribution is -0.142. The zero-order valence-electron chi connectivity index (χ0n) is 28.1. The van der Waals surface area contributed by atoms with Gasteiger partial charge in [0.1, 0.15) is 11.3 Å². The maximum atomic E-state index is 14.2. The van der Waals surface area contributed by atoms with Gasteiger partial charge in [0.05, 0.1) is 17.5 Å². The zero-order valence-corrected chi connectivity index (χ0v) is 28.9. The smallest absolute Gasteiger partial charge is 0.262 e. The van der Waals surface area contributed by atoms with E-state index in [4.69, 9.17) is 0 Å². The Morgan fingerprint density at radius 2 is 1.67 bits per heavy atom. The van der Waals surface area contributed by atoms with E-state index in [0.717, 1.165) is 52.8 Å². The van der Waals surface area contributed by atoms with Crippen LogP contribution in [0.1, 0.15) is 35.6 Å². The van der Waals surface area contributed by atoms with Crippen molar-refractivity contribution in [1.82, 2.24) is 33.9 Å². The van der Waals surface area contributed by atoms with Crippen LogP contribution in [0.3, 0.4) is 0 Å². The summed E-state index contributed by atoms with van der Waals surface area (Å²) in [5.74, 6) is -0.0224. The van der Waals surface area contributed by atoms with Gasteiger partial charge >= 0.3 is 0 Å². The molecule has 2 saturated heterocycles. The van der Waals surface area contributed by atoms with E-state index in [-0.39, 0.29) is 35.7 Å². The Morgan fingerprint density at radius 1 is 0.902 bits per heavy atom. The summed E-state index contributed by atoms with van der Waals surface area (Å²) in [6, 6.07) is 25.2. The van der Waals surface area contributed by atoms with E-state index in [2.05, 4.69) is 32.0 Å². The van der Waals surface area contributed by atoms with E-state index in [9.17, 15) is 19.8 Å². The second-order valence-electron chi connectivity index (χ2n) is 13.7. The Hall–Kier alpha value is -5.17. The molecule has 0 spiro atoms. The summed E-state index contributed by atoms with van der Waals surface area (Å²) in [4.78, 5) is 46.3. The van der Waals surface area contributed by atoms with E-state index in [1.807, 2.05) is 76.5 Å². The highest BCUT2D eigenvalue weighted by Gasteiger charge is 2.41. The van der Waals surface area contributed by atoms with Gasteiger partial charge in [-0.05, 0) is 55.6 Å². The molecule has 2 aliphatic rings. The molecule has 0 unspecified atom stereocenters. The van der Waals surface area contributed by atoms with Crippen LogP contribution in [0.5, 0.6) is 5.88 Å². The number of carbonyl (C=O) groups excluding carboxylic acids is 1. The number of fused-ring (bicyclic) bond motifs is 1. The molecule has 260 valence electrons. The van der Waals surface area contributed by atoms with Crippen LogP contribution in [-0.4, -0.2) is 81.8 Å². The van der Waals surface area contributed by atoms with Crippen molar-refractivity contribution in [2.45, 2.75) is 43.9 Å². The third-order valence-corrected chi connectivity index (χ3v) is 11.4. The molecule has 12 heteroatoms. The van der Waals surface area contributed by atoms with Crippen LogP contribution in [0, 0.1) is 5.92 Å². The molecular weight excluding hydrogens is 663 g/mol. The van der Waals surface area contributed by atoms with Crippen molar-refractivity contribution in [3.05, 3.63) is 125 Å². The fraction of sp³-hybridized carbons (Fsp3) is 0.308. The first-order valence-electron chi connectivity index (χ1n) is 17.3. The molecule has 0 aliphatic carbocycles. The number of rotatable bonds is 8. The van der Waals surface area contributed by atoms with Crippen molar-refractivity contribution in [1.29, 1.82) is 0 Å². The molecule has 6 aromatic rings. The van der Waals surface area contributed by atoms with Gasteiger partial charge in [0.2, 0.25) is 11.8 Å². The van der Waals surface area contributed by atoms with E-state index >= 15 is 0 Å². The number of para-hydroxylation sites is 1. The molecule has 6 heterocycles. The molecule has 4 aromatic heterocycles. The number of aliphatic hydroxyl groups is 1. The van der Waals surface area contributed by atoms with E-state index < -0.39 is 5.60 Å². The third kappa shape index (κ3) is 6.82. The van der Waals surface area contributed by atoms with Gasteiger partial charge in [-0.15, -0.1) is 11.3 Å². The Balaban J connectivity index is 0.929. The largest absolute Gasteiger partial charge is 0.493 e. The van der Waals surface area contributed by atoms with E-state index in [1.165, 1.54) is 10.9 Å². The zero-order chi connectivity index (χ0) is 35.0. The van der Waals surface area contributed by atoms with Crippen molar-refractivity contribution in [3.63, 3.8) is 0 Å². The first kappa shape index (κ1) is 33.0. The minimum atomic E-state index is -1.12. The number of likely N-dealkylation sites (tertiary alicyclic amines) is 2. The highest BCUT2D eigenvalue weighted by atomic mass is 32.1. The van der Waals surface area contributed by atoms with Gasteiger partial charge < -0.3 is 19.7 Å². The summed E-state index contributed by atoms with van der Waals surface area (Å²) in [5, 5.41) is 22.6. The maximum absolute atomic E-state index is 14.2. The summed E-state index contributed by atoms with van der Waals surface area (Å²) < 4.78 is 3.39. The molecular formula is C39H39N7O4S. The second kappa shape index (κ2) is 13.9. The summed E-state index contributed by atoms with van der Waals surface area (Å²) in [7, 11) is 0. The van der Waals surface area contributed by atoms with Crippen LogP contribution in [-0.2, 0) is 17.9 Å². The van der Waals surface area contributed by atoms with Gasteiger partial charge in [-0.1, -0.05) is 48.5 Å². The van der Waals surface area contributed by atoms with Gasteiger partial charge in [0, 0.05) is 78.8 Å². The molecule has 2 aliphatic heterocycles. The minimum Gasteiger partial charge on any atom is -0.493 e. The molecule has 51 heavy (non-hydrogen) atoms. The number of hydrogen-bond donors (Lipinski definition) is 2. The number of carbonyl (C=O) groups is 1. The van der Waals surface area contributed by atoms with Crippen molar-refractivity contribution in [2.75, 3.05) is 26.2 Å². The maximum Gasteiger partial charge on any atom is 0.262 e. The van der Waals surface area contributed by atoms with Gasteiger partial charge in [0.25, 0.3) is 5.56 Å². The monoisotopic (exact) mass is 701 g/mol. The third-order valence-electron chi connectivity index (χ3n) is 10.3. The fourth-order valence-corrected chi connectivity index (χ4v) is 8.51. The normalized spacial score (nSPS) is 19.4. The molecule has 2 fully saturated rings. The highest BCUT2D eigenvalue weighted by molar-refractivity contribution is 7.15. The topological polar surface area (TPSA) is 130 Å². The number of benzene rings is 2. The molecule has 2 N–H and O–H groups in total. The fourth-order valence-electron chi connectivity index (χ4n) is 7.56. The number of piperidine rings is 2. The predicted molar refractivity (Wildman–Crippen MR) is 196 cm³/mol. The molecule has 0 radical (unpaired) electrons. The molecule has 11 nitrogen and oxygen atoms in total. The second-order valence-corrected chi connectivity index (χ2v) is 14.8. The summed E-state index contributed by atoms with van der Waals surface area (Å²) in [5.41, 5.74) is 2.21. The van der Waals surface area contributed by atoms with Crippen LogP contribution >= 0.6 is 11.3 Å². The predicted octanol–water partition coefficient (Wildman–Crippen LogP) is 5.07. The first-order chi connectivity index (χ1) is 24.8. The van der Waals surface area contributed by atoms with E-state index in [0.29, 0.717) is 37.0 Å². The lowest BCUT2D eigenvalue weighted by atomic mass is 9.79. The number of aromatic hydroxyl groups is 1. The lowest BCUT2D eigenvalue weighted by Crippen LogP contribution is -2.53. The number of pyridine rings is 1. The number of hydrogen-bond acceptors (Lipinski definition) is 9. The van der Waals surface area contributed by atoms with Crippen molar-refractivity contribution >= 4 is 28.3 Å².